The fourth-order valence-electron chi connectivity index (χ4n) is 6.57. The van der Waals surface area contributed by atoms with Crippen LogP contribution in [0.3, 0.4) is 0 Å². The molecule has 0 unspecified atom stereocenters. The minimum atomic E-state index is -1.13. The summed E-state index contributed by atoms with van der Waals surface area (Å²) in [5, 5.41) is 16.5. The first-order valence-corrected chi connectivity index (χ1v) is 20.5. The Hall–Kier alpha value is -4.73. The number of aliphatic hydroxyl groups excluding tert-OH is 1. The van der Waals surface area contributed by atoms with E-state index in [-0.39, 0.29) is 44.9 Å². The lowest BCUT2D eigenvalue weighted by Crippen LogP contribution is -2.52. The van der Waals surface area contributed by atoms with Crippen LogP contribution >= 0.6 is 0 Å². The number of hydrogen-bond donors (Lipinski definition) is 3. The number of amides is 2. The van der Waals surface area contributed by atoms with Crippen LogP contribution in [0.2, 0.25) is 0 Å². The standard InChI is InChI=1S/C46H66N4O10/c1-45(2,3)37(30-41(53)57-8)43(54)49-50(31-34-17-19-35(20-18-34)38-16-12-13-21-47-38)32-40(52)36(28-33-14-10-9-11-15-33)29-39(51)42(46(4,5)6)48-44(55)60-27-26-59-25-24-58-23-22-56-7/h9-21,36-37,40,42,52H,22-32H2,1-8H3,(H,48,55)(H,49,54)/t36-,37-,40+,42-/m1/s1. The first kappa shape index (κ1) is 49.6. The molecule has 1 heterocycles. The van der Waals surface area contributed by atoms with E-state index in [9.17, 15) is 24.3 Å². The van der Waals surface area contributed by atoms with Crippen molar-refractivity contribution >= 4 is 23.8 Å². The van der Waals surface area contributed by atoms with E-state index in [1.54, 1.807) is 18.3 Å². The highest BCUT2D eigenvalue weighted by atomic mass is 16.6. The van der Waals surface area contributed by atoms with Crippen molar-refractivity contribution in [3.05, 3.63) is 90.1 Å². The SMILES string of the molecule is COCCOCCOCCOC(=O)N[C@H](C(=O)C[C@@H](Cc1ccccc1)[C@@H](O)CN(Cc1ccc(-c2ccccn2)cc1)NC(=O)[C@@H](CC(=O)OC)C(C)(C)C)C(C)(C)C. The molecule has 0 saturated heterocycles. The van der Waals surface area contributed by atoms with E-state index in [0.717, 1.165) is 22.4 Å². The maximum Gasteiger partial charge on any atom is 0.407 e. The molecule has 3 rings (SSSR count). The van der Waals surface area contributed by atoms with Gasteiger partial charge in [-0.3, -0.25) is 24.8 Å². The third kappa shape index (κ3) is 17.9. The number of hydrogen-bond acceptors (Lipinski definition) is 12. The van der Waals surface area contributed by atoms with Gasteiger partial charge in [0.05, 0.1) is 70.3 Å². The van der Waals surface area contributed by atoms with Crippen LogP contribution < -0.4 is 10.7 Å². The lowest BCUT2D eigenvalue weighted by atomic mass is 9.78. The number of aliphatic hydroxyl groups is 1. The summed E-state index contributed by atoms with van der Waals surface area (Å²) in [7, 11) is 2.88. The summed E-state index contributed by atoms with van der Waals surface area (Å²) in [4.78, 5) is 58.0. The number of ketones is 1. The van der Waals surface area contributed by atoms with E-state index in [0.29, 0.717) is 32.8 Å². The van der Waals surface area contributed by atoms with Crippen LogP contribution in [0.25, 0.3) is 11.3 Å². The Balaban J connectivity index is 1.83. The van der Waals surface area contributed by atoms with Gasteiger partial charge in [0.1, 0.15) is 6.61 Å². The normalized spacial score (nSPS) is 13.8. The van der Waals surface area contributed by atoms with Gasteiger partial charge >= 0.3 is 12.1 Å². The molecule has 14 heteroatoms. The lowest BCUT2D eigenvalue weighted by Gasteiger charge is -2.35. The number of carbonyl (C=O) groups is 4. The van der Waals surface area contributed by atoms with Crippen molar-refractivity contribution in [3.8, 4) is 11.3 Å². The van der Waals surface area contributed by atoms with Crippen molar-refractivity contribution in [2.45, 2.75) is 79.5 Å². The zero-order valence-corrected chi connectivity index (χ0v) is 36.6. The number of benzene rings is 2. The summed E-state index contributed by atoms with van der Waals surface area (Å²) >= 11 is 0. The summed E-state index contributed by atoms with van der Waals surface area (Å²) < 4.78 is 26.0. The second-order valence-corrected chi connectivity index (χ2v) is 17.0. The molecule has 60 heavy (non-hydrogen) atoms. The van der Waals surface area contributed by atoms with Crippen LogP contribution in [-0.2, 0) is 51.0 Å². The first-order chi connectivity index (χ1) is 28.5. The van der Waals surface area contributed by atoms with E-state index in [2.05, 4.69) is 15.7 Å². The van der Waals surface area contributed by atoms with Gasteiger partial charge in [-0.05, 0) is 46.4 Å². The molecule has 2 amide bonds. The predicted molar refractivity (Wildman–Crippen MR) is 228 cm³/mol. The number of hydrazine groups is 1. The Kier molecular flexibility index (Phi) is 20.8. The molecule has 0 saturated carbocycles. The third-order valence-electron chi connectivity index (χ3n) is 9.99. The first-order valence-electron chi connectivity index (χ1n) is 20.5. The fourth-order valence-corrected chi connectivity index (χ4v) is 6.57. The molecule has 0 radical (unpaired) electrons. The Morgan fingerprint density at radius 3 is 1.97 bits per heavy atom. The average molecular weight is 835 g/mol. The number of methoxy groups -OCH3 is 2. The second kappa shape index (κ2) is 25.1. The second-order valence-electron chi connectivity index (χ2n) is 17.0. The van der Waals surface area contributed by atoms with Gasteiger partial charge in [-0.25, -0.2) is 9.80 Å². The molecule has 0 aliphatic rings. The number of pyridine rings is 1. The van der Waals surface area contributed by atoms with Crippen LogP contribution in [0.1, 0.15) is 65.5 Å². The Morgan fingerprint density at radius 1 is 0.750 bits per heavy atom. The summed E-state index contributed by atoms with van der Waals surface area (Å²) in [5.74, 6) is -2.57. The molecule has 330 valence electrons. The third-order valence-corrected chi connectivity index (χ3v) is 9.99. The van der Waals surface area contributed by atoms with Gasteiger partial charge in [-0.1, -0.05) is 102 Å². The molecule has 1 aromatic heterocycles. The van der Waals surface area contributed by atoms with Crippen LogP contribution in [0.4, 0.5) is 4.79 Å². The van der Waals surface area contributed by atoms with Gasteiger partial charge in [0.15, 0.2) is 5.78 Å². The minimum absolute atomic E-state index is 0.0204. The Labute approximate surface area is 355 Å². The molecule has 3 aromatic rings. The van der Waals surface area contributed by atoms with Crippen molar-refractivity contribution in [1.29, 1.82) is 0 Å². The van der Waals surface area contributed by atoms with E-state index in [4.69, 9.17) is 23.7 Å². The molecular formula is C46H66N4O10. The maximum atomic E-state index is 14.2. The number of ether oxygens (including phenoxy) is 5. The number of esters is 1. The topological polar surface area (TPSA) is 175 Å². The molecule has 0 aliphatic carbocycles. The summed E-state index contributed by atoms with van der Waals surface area (Å²) in [6.07, 6.45) is -0.0304. The Morgan fingerprint density at radius 2 is 1.38 bits per heavy atom. The Bertz CT molecular complexity index is 1730. The van der Waals surface area contributed by atoms with E-state index in [1.807, 2.05) is 114 Å². The van der Waals surface area contributed by atoms with Crippen molar-refractivity contribution < 1.29 is 48.0 Å². The van der Waals surface area contributed by atoms with E-state index in [1.165, 1.54) is 7.11 Å². The fraction of sp³-hybridized carbons (Fsp3) is 0.543. The monoisotopic (exact) mass is 834 g/mol. The number of alkyl carbamates (subject to hydrolysis) is 1. The largest absolute Gasteiger partial charge is 0.469 e. The molecule has 0 bridgehead atoms. The highest BCUT2D eigenvalue weighted by Gasteiger charge is 2.37. The number of rotatable bonds is 25. The average Bonchev–Trinajstić information content (AvgIpc) is 3.20. The molecule has 4 atom stereocenters. The quantitative estimate of drug-likeness (QED) is 0.0532. The van der Waals surface area contributed by atoms with Gasteiger partial charge in [-0.15, -0.1) is 0 Å². The van der Waals surface area contributed by atoms with Crippen LogP contribution in [0, 0.1) is 22.7 Å². The summed E-state index contributed by atoms with van der Waals surface area (Å²) in [5.41, 5.74) is 5.19. The predicted octanol–water partition coefficient (Wildman–Crippen LogP) is 5.81. The smallest absolute Gasteiger partial charge is 0.407 e. The molecule has 14 nitrogen and oxygen atoms in total. The van der Waals surface area contributed by atoms with Crippen LogP contribution in [0.15, 0.2) is 79.0 Å². The van der Waals surface area contributed by atoms with Crippen molar-refractivity contribution in [2.24, 2.45) is 22.7 Å². The molecule has 0 aliphatic heterocycles. The summed E-state index contributed by atoms with van der Waals surface area (Å²) in [6, 6.07) is 22.0. The van der Waals surface area contributed by atoms with Crippen molar-refractivity contribution in [2.75, 3.05) is 60.4 Å². The maximum absolute atomic E-state index is 14.2. The van der Waals surface area contributed by atoms with Gasteiger partial charge in [0, 0.05) is 38.4 Å². The lowest BCUT2D eigenvalue weighted by molar-refractivity contribution is -0.148. The van der Waals surface area contributed by atoms with Crippen molar-refractivity contribution in [1.82, 2.24) is 20.7 Å². The summed E-state index contributed by atoms with van der Waals surface area (Å²) in [6.45, 7) is 13.1. The molecule has 0 fully saturated rings. The highest BCUT2D eigenvalue weighted by Crippen LogP contribution is 2.30. The van der Waals surface area contributed by atoms with Gasteiger partial charge in [0.25, 0.3) is 0 Å². The van der Waals surface area contributed by atoms with Gasteiger partial charge in [-0.2, -0.15) is 0 Å². The molecule has 2 aromatic carbocycles. The molecule has 0 spiro atoms. The van der Waals surface area contributed by atoms with Crippen LogP contribution in [-0.4, -0.2) is 111 Å². The number of nitrogens with zero attached hydrogens (tertiary/aromatic N) is 2. The van der Waals surface area contributed by atoms with Crippen LogP contribution in [0.5, 0.6) is 0 Å². The number of aromatic nitrogens is 1. The molecular weight excluding hydrogens is 769 g/mol. The zero-order valence-electron chi connectivity index (χ0n) is 36.6. The minimum Gasteiger partial charge on any atom is -0.469 e. The number of nitrogens with one attached hydrogen (secondary N) is 2. The van der Waals surface area contributed by atoms with Gasteiger partial charge < -0.3 is 34.1 Å². The number of Topliss-reactive ketones (excluding diaryl/α,β-unsaturated/α-hetero) is 1. The number of carbonyl (C=O) groups excluding carboxylic acids is 4. The van der Waals surface area contributed by atoms with E-state index < -0.39 is 52.8 Å². The zero-order chi connectivity index (χ0) is 44.1. The van der Waals surface area contributed by atoms with E-state index >= 15 is 0 Å². The van der Waals surface area contributed by atoms with Crippen molar-refractivity contribution in [3.63, 3.8) is 0 Å². The van der Waals surface area contributed by atoms with Gasteiger partial charge in [0.2, 0.25) is 5.91 Å². The molecule has 3 N–H and O–H groups in total. The highest BCUT2D eigenvalue weighted by molar-refractivity contribution is 5.88.